The molecule has 1 unspecified atom stereocenters. The van der Waals surface area contributed by atoms with Crippen LogP contribution in [0, 0.1) is 5.41 Å². The highest BCUT2D eigenvalue weighted by Crippen LogP contribution is 2.33. The maximum Gasteiger partial charge on any atom is 0.230 e. The van der Waals surface area contributed by atoms with Gasteiger partial charge in [0, 0.05) is 26.7 Å². The Balaban J connectivity index is 2.78. The number of piperidine rings is 1. The van der Waals surface area contributed by atoms with Crippen LogP contribution in [0.25, 0.3) is 0 Å². The van der Waals surface area contributed by atoms with Crippen LogP contribution < -0.4 is 5.32 Å². The normalized spacial score (nSPS) is 23.1. The topological polar surface area (TPSA) is 41.6 Å². The van der Waals surface area contributed by atoms with Crippen molar-refractivity contribution >= 4 is 5.91 Å². The second-order valence-corrected chi connectivity index (χ2v) is 5.34. The van der Waals surface area contributed by atoms with Gasteiger partial charge in [0.25, 0.3) is 0 Å². The fourth-order valence-corrected chi connectivity index (χ4v) is 2.92. The zero-order valence-corrected chi connectivity index (χ0v) is 12.4. The number of rotatable bonds is 8. The van der Waals surface area contributed by atoms with Crippen LogP contribution in [0.1, 0.15) is 32.6 Å². The van der Waals surface area contributed by atoms with Gasteiger partial charge in [-0.15, -0.1) is 6.58 Å². The lowest BCUT2D eigenvalue weighted by molar-refractivity contribution is -0.144. The third-order valence-corrected chi connectivity index (χ3v) is 3.86. The van der Waals surface area contributed by atoms with Crippen LogP contribution in [-0.2, 0) is 9.53 Å². The summed E-state index contributed by atoms with van der Waals surface area (Å²) in [7, 11) is 1.67. The van der Waals surface area contributed by atoms with Gasteiger partial charge < -0.3 is 15.0 Å². The van der Waals surface area contributed by atoms with E-state index in [4.69, 9.17) is 4.74 Å². The van der Waals surface area contributed by atoms with E-state index in [1.807, 2.05) is 4.90 Å². The number of nitrogens with zero attached hydrogens (tertiary/aromatic N) is 1. The lowest BCUT2D eigenvalue weighted by Crippen LogP contribution is -2.52. The minimum atomic E-state index is -0.219. The number of carbonyl (C=O) groups is 1. The minimum Gasteiger partial charge on any atom is -0.383 e. The van der Waals surface area contributed by atoms with Crippen molar-refractivity contribution in [2.75, 3.05) is 39.9 Å². The van der Waals surface area contributed by atoms with Crippen molar-refractivity contribution in [3.63, 3.8) is 0 Å². The Bertz CT molecular complexity index is 280. The van der Waals surface area contributed by atoms with Crippen LogP contribution in [-0.4, -0.2) is 50.7 Å². The molecule has 0 aliphatic carbocycles. The first-order valence-electron chi connectivity index (χ1n) is 7.30. The molecule has 0 aromatic carbocycles. The highest BCUT2D eigenvalue weighted by Gasteiger charge is 2.40. The molecule has 0 radical (unpaired) electrons. The van der Waals surface area contributed by atoms with Crippen LogP contribution in [0.15, 0.2) is 12.7 Å². The number of nitrogens with one attached hydrogen (secondary N) is 1. The van der Waals surface area contributed by atoms with E-state index in [1.165, 1.54) is 0 Å². The molecule has 1 rings (SSSR count). The molecule has 1 amide bonds. The van der Waals surface area contributed by atoms with Gasteiger partial charge in [-0.05, 0) is 25.8 Å². The lowest BCUT2D eigenvalue weighted by atomic mass is 9.75. The SMILES string of the molecule is C=CCN(CCOC)C(=O)C1(CCC)CCCNC1. The Hall–Kier alpha value is -0.870. The quantitative estimate of drug-likeness (QED) is 0.683. The molecule has 0 saturated carbocycles. The van der Waals surface area contributed by atoms with Crippen LogP contribution >= 0.6 is 0 Å². The molecule has 1 aliphatic heterocycles. The van der Waals surface area contributed by atoms with Crippen molar-refractivity contribution in [3.05, 3.63) is 12.7 Å². The first-order chi connectivity index (χ1) is 9.20. The molecule has 1 heterocycles. The smallest absolute Gasteiger partial charge is 0.230 e. The summed E-state index contributed by atoms with van der Waals surface area (Å²) in [5.41, 5.74) is -0.219. The summed E-state index contributed by atoms with van der Waals surface area (Å²) < 4.78 is 5.11. The van der Waals surface area contributed by atoms with Crippen molar-refractivity contribution in [2.24, 2.45) is 5.41 Å². The number of hydrogen-bond acceptors (Lipinski definition) is 3. The lowest BCUT2D eigenvalue weighted by Gasteiger charge is -2.40. The van der Waals surface area contributed by atoms with Gasteiger partial charge in [-0.1, -0.05) is 19.4 Å². The van der Waals surface area contributed by atoms with Crippen molar-refractivity contribution in [2.45, 2.75) is 32.6 Å². The van der Waals surface area contributed by atoms with E-state index in [0.29, 0.717) is 19.7 Å². The van der Waals surface area contributed by atoms with Gasteiger partial charge in [0.2, 0.25) is 5.91 Å². The number of methoxy groups -OCH3 is 1. The Morgan fingerprint density at radius 1 is 1.58 bits per heavy atom. The maximum absolute atomic E-state index is 12.9. The van der Waals surface area contributed by atoms with Crippen molar-refractivity contribution < 1.29 is 9.53 Å². The molecule has 1 fully saturated rings. The van der Waals surface area contributed by atoms with E-state index >= 15 is 0 Å². The molecule has 0 aromatic heterocycles. The second-order valence-electron chi connectivity index (χ2n) is 5.34. The molecule has 0 bridgehead atoms. The summed E-state index contributed by atoms with van der Waals surface area (Å²) in [6, 6.07) is 0. The number of ether oxygens (including phenoxy) is 1. The maximum atomic E-state index is 12.9. The summed E-state index contributed by atoms with van der Waals surface area (Å²) in [6.07, 6.45) is 5.87. The van der Waals surface area contributed by atoms with Gasteiger partial charge >= 0.3 is 0 Å². The average molecular weight is 268 g/mol. The van der Waals surface area contributed by atoms with E-state index in [1.54, 1.807) is 13.2 Å². The van der Waals surface area contributed by atoms with Crippen LogP contribution in [0.4, 0.5) is 0 Å². The third kappa shape index (κ3) is 4.32. The standard InChI is InChI=1S/C15H28N2O2/c1-4-7-15(8-6-9-16-13-15)14(18)17(10-5-2)11-12-19-3/h5,16H,2,4,6-13H2,1,3H3. The van der Waals surface area contributed by atoms with E-state index in [2.05, 4.69) is 18.8 Å². The van der Waals surface area contributed by atoms with E-state index in [-0.39, 0.29) is 11.3 Å². The van der Waals surface area contributed by atoms with Gasteiger partial charge in [-0.25, -0.2) is 0 Å². The van der Waals surface area contributed by atoms with Gasteiger partial charge in [0.15, 0.2) is 0 Å². The fraction of sp³-hybridized carbons (Fsp3) is 0.800. The molecule has 4 nitrogen and oxygen atoms in total. The second kappa shape index (κ2) is 8.33. The highest BCUT2D eigenvalue weighted by atomic mass is 16.5. The monoisotopic (exact) mass is 268 g/mol. The Morgan fingerprint density at radius 3 is 2.89 bits per heavy atom. The first-order valence-corrected chi connectivity index (χ1v) is 7.30. The summed E-state index contributed by atoms with van der Waals surface area (Å²) in [5.74, 6) is 0.263. The summed E-state index contributed by atoms with van der Waals surface area (Å²) >= 11 is 0. The van der Waals surface area contributed by atoms with Crippen molar-refractivity contribution in [1.82, 2.24) is 10.2 Å². The van der Waals surface area contributed by atoms with Crippen molar-refractivity contribution in [1.29, 1.82) is 0 Å². The molecule has 1 saturated heterocycles. The zero-order valence-electron chi connectivity index (χ0n) is 12.4. The number of amides is 1. The molecule has 1 atom stereocenters. The van der Waals surface area contributed by atoms with E-state index in [9.17, 15) is 4.79 Å². The largest absolute Gasteiger partial charge is 0.383 e. The summed E-state index contributed by atoms with van der Waals surface area (Å²) in [6.45, 7) is 9.56. The van der Waals surface area contributed by atoms with Gasteiger partial charge in [-0.3, -0.25) is 4.79 Å². The summed E-state index contributed by atoms with van der Waals surface area (Å²) in [5, 5.41) is 3.39. The zero-order chi connectivity index (χ0) is 14.1. The Kier molecular flexibility index (Phi) is 7.10. The molecule has 4 heteroatoms. The Morgan fingerprint density at radius 2 is 2.37 bits per heavy atom. The van der Waals surface area contributed by atoms with Gasteiger partial charge in [0.1, 0.15) is 0 Å². The first kappa shape index (κ1) is 16.2. The number of carbonyl (C=O) groups excluding carboxylic acids is 1. The molecule has 0 aromatic rings. The van der Waals surface area contributed by atoms with Crippen LogP contribution in [0.3, 0.4) is 0 Å². The summed E-state index contributed by atoms with van der Waals surface area (Å²) in [4.78, 5) is 14.8. The van der Waals surface area contributed by atoms with Gasteiger partial charge in [0.05, 0.1) is 12.0 Å². The van der Waals surface area contributed by atoms with Crippen molar-refractivity contribution in [3.8, 4) is 0 Å². The molecule has 110 valence electrons. The molecule has 1 aliphatic rings. The fourth-order valence-electron chi connectivity index (χ4n) is 2.92. The number of hydrogen-bond donors (Lipinski definition) is 1. The van der Waals surface area contributed by atoms with Crippen LogP contribution in [0.2, 0.25) is 0 Å². The Labute approximate surface area is 117 Å². The van der Waals surface area contributed by atoms with Gasteiger partial charge in [-0.2, -0.15) is 0 Å². The predicted molar refractivity (Wildman–Crippen MR) is 78.1 cm³/mol. The molecule has 1 N–H and O–H groups in total. The minimum absolute atomic E-state index is 0.219. The molecule has 0 spiro atoms. The molecule has 19 heavy (non-hydrogen) atoms. The highest BCUT2D eigenvalue weighted by molar-refractivity contribution is 5.83. The predicted octanol–water partition coefficient (Wildman–Crippen LogP) is 1.82. The van der Waals surface area contributed by atoms with E-state index < -0.39 is 0 Å². The van der Waals surface area contributed by atoms with E-state index in [0.717, 1.165) is 38.8 Å². The van der Waals surface area contributed by atoms with Crippen LogP contribution in [0.5, 0.6) is 0 Å². The average Bonchev–Trinajstić information content (AvgIpc) is 2.44. The third-order valence-electron chi connectivity index (χ3n) is 3.86. The molecular weight excluding hydrogens is 240 g/mol. The molecular formula is C15H28N2O2.